The summed E-state index contributed by atoms with van der Waals surface area (Å²) in [5, 5.41) is 0. The summed E-state index contributed by atoms with van der Waals surface area (Å²) in [6.45, 7) is 4.52. The fourth-order valence-electron chi connectivity index (χ4n) is 3.04. The highest BCUT2D eigenvalue weighted by Gasteiger charge is 2.33. The summed E-state index contributed by atoms with van der Waals surface area (Å²) in [7, 11) is 5.01. The van der Waals surface area contributed by atoms with Crippen LogP contribution >= 0.6 is 0 Å². The fourth-order valence-corrected chi connectivity index (χ4v) is 3.04. The van der Waals surface area contributed by atoms with Gasteiger partial charge in [0, 0.05) is 27.7 Å². The van der Waals surface area contributed by atoms with Crippen molar-refractivity contribution >= 4 is 17.1 Å². The van der Waals surface area contributed by atoms with E-state index in [1.54, 1.807) is 7.05 Å². The number of fused-ring (bicyclic) bond motifs is 1. The Kier molecular flexibility index (Phi) is 4.32. The molecule has 1 unspecified atom stereocenters. The number of imidazole rings is 1. The second-order valence-electron chi connectivity index (χ2n) is 7.12. The Morgan fingerprint density at radius 1 is 1.32 bits per heavy atom. The van der Waals surface area contributed by atoms with Gasteiger partial charge in [-0.3, -0.25) is 13.9 Å². The first-order chi connectivity index (χ1) is 11.7. The molecule has 0 amide bonds. The number of hydrogen-bond donors (Lipinski definition) is 1. The number of allylic oxidation sites excluding steroid dienone is 2. The highest BCUT2D eigenvalue weighted by molar-refractivity contribution is 5.74. The molecule has 1 aliphatic rings. The van der Waals surface area contributed by atoms with Crippen molar-refractivity contribution < 1.29 is 0 Å². The molecular weight excluding hydrogens is 320 g/mol. The number of rotatable bonds is 5. The van der Waals surface area contributed by atoms with Crippen molar-refractivity contribution in [2.24, 2.45) is 25.7 Å². The smallest absolute Gasteiger partial charge is 0.330 e. The zero-order valence-corrected chi connectivity index (χ0v) is 15.5. The second-order valence-corrected chi connectivity index (χ2v) is 7.12. The van der Waals surface area contributed by atoms with E-state index in [4.69, 9.17) is 5.73 Å². The third-order valence-corrected chi connectivity index (χ3v) is 4.88. The van der Waals surface area contributed by atoms with Gasteiger partial charge in [-0.25, -0.2) is 4.79 Å². The first kappa shape index (κ1) is 17.5. The summed E-state index contributed by atoms with van der Waals surface area (Å²) >= 11 is 0. The quantitative estimate of drug-likeness (QED) is 0.630. The van der Waals surface area contributed by atoms with E-state index in [2.05, 4.69) is 4.98 Å². The Morgan fingerprint density at radius 3 is 2.52 bits per heavy atom. The lowest BCUT2D eigenvalue weighted by Crippen LogP contribution is -2.42. The van der Waals surface area contributed by atoms with Crippen LogP contribution in [0.25, 0.3) is 11.2 Å². The third-order valence-electron chi connectivity index (χ3n) is 4.88. The van der Waals surface area contributed by atoms with E-state index in [0.29, 0.717) is 29.6 Å². The van der Waals surface area contributed by atoms with Gasteiger partial charge in [0.25, 0.3) is 5.56 Å². The molecule has 1 aliphatic carbocycles. The highest BCUT2D eigenvalue weighted by atomic mass is 16.2. The lowest BCUT2D eigenvalue weighted by Gasteiger charge is -2.26. The molecule has 2 aromatic rings. The number of hydrogen-bond acceptors (Lipinski definition) is 5. The van der Waals surface area contributed by atoms with Gasteiger partial charge in [0.2, 0.25) is 5.95 Å². The molecule has 0 spiro atoms. The molecule has 0 aliphatic heterocycles. The Morgan fingerprint density at radius 2 is 1.96 bits per heavy atom. The lowest BCUT2D eigenvalue weighted by atomic mass is 10.3. The standard InChI is InChI=1S/C17H26N6O2/c1-10(2)8-9-23-12-14(21(4)17(25)22(5)15(12)24)19-16(23)20(3)13(18)11-6-7-11/h8,11,13H,6-7,9,18H2,1-5H3. The van der Waals surface area contributed by atoms with E-state index in [0.717, 1.165) is 23.0 Å². The van der Waals surface area contributed by atoms with E-state index in [-0.39, 0.29) is 17.4 Å². The first-order valence-electron chi connectivity index (χ1n) is 8.52. The SMILES string of the molecule is CC(C)=CCn1c(N(C)C(N)C2CC2)nc2c1c(=O)n(C)c(=O)n2C. The van der Waals surface area contributed by atoms with E-state index >= 15 is 0 Å². The van der Waals surface area contributed by atoms with E-state index in [1.807, 2.05) is 36.4 Å². The molecule has 0 aromatic carbocycles. The van der Waals surface area contributed by atoms with Crippen LogP contribution in [0.3, 0.4) is 0 Å². The molecule has 2 aromatic heterocycles. The molecule has 8 nitrogen and oxygen atoms in total. The largest absolute Gasteiger partial charge is 0.332 e. The average molecular weight is 346 g/mol. The van der Waals surface area contributed by atoms with Crippen LogP contribution in [-0.4, -0.2) is 31.9 Å². The molecule has 136 valence electrons. The molecular formula is C17H26N6O2. The van der Waals surface area contributed by atoms with Crippen molar-refractivity contribution in [1.29, 1.82) is 0 Å². The maximum Gasteiger partial charge on any atom is 0.332 e. The number of aryl methyl sites for hydroxylation is 1. The Labute approximate surface area is 146 Å². The Hall–Kier alpha value is -2.35. The zero-order chi connectivity index (χ0) is 18.5. The minimum Gasteiger partial charge on any atom is -0.330 e. The van der Waals surface area contributed by atoms with Crippen molar-refractivity contribution in [2.45, 2.75) is 39.4 Å². The van der Waals surface area contributed by atoms with E-state index in [1.165, 1.54) is 11.6 Å². The van der Waals surface area contributed by atoms with Gasteiger partial charge < -0.3 is 15.2 Å². The predicted octanol–water partition coefficient (Wildman–Crippen LogP) is 0.531. The molecule has 0 radical (unpaired) electrons. The van der Waals surface area contributed by atoms with Crippen molar-refractivity contribution in [3.8, 4) is 0 Å². The highest BCUT2D eigenvalue weighted by Crippen LogP contribution is 2.34. The van der Waals surface area contributed by atoms with Crippen LogP contribution in [0.15, 0.2) is 21.2 Å². The van der Waals surface area contributed by atoms with Gasteiger partial charge in [-0.1, -0.05) is 11.6 Å². The van der Waals surface area contributed by atoms with Crippen LogP contribution in [0.5, 0.6) is 0 Å². The van der Waals surface area contributed by atoms with Gasteiger partial charge in [0.05, 0.1) is 6.17 Å². The monoisotopic (exact) mass is 346 g/mol. The van der Waals surface area contributed by atoms with Crippen molar-refractivity contribution in [3.05, 3.63) is 32.5 Å². The van der Waals surface area contributed by atoms with Gasteiger partial charge in [-0.05, 0) is 32.6 Å². The number of anilines is 1. The van der Waals surface area contributed by atoms with Crippen molar-refractivity contribution in [1.82, 2.24) is 18.7 Å². The van der Waals surface area contributed by atoms with Crippen LogP contribution in [0.4, 0.5) is 5.95 Å². The molecule has 1 fully saturated rings. The lowest BCUT2D eigenvalue weighted by molar-refractivity contribution is 0.564. The molecule has 1 atom stereocenters. The van der Waals surface area contributed by atoms with Gasteiger partial charge in [0.15, 0.2) is 11.2 Å². The Balaban J connectivity index is 2.28. The second kappa shape index (κ2) is 6.18. The summed E-state index contributed by atoms with van der Waals surface area (Å²) in [6.07, 6.45) is 4.11. The van der Waals surface area contributed by atoms with Gasteiger partial charge in [-0.2, -0.15) is 4.98 Å². The van der Waals surface area contributed by atoms with Crippen molar-refractivity contribution in [3.63, 3.8) is 0 Å². The topological polar surface area (TPSA) is 91.1 Å². The molecule has 2 N–H and O–H groups in total. The maximum atomic E-state index is 12.7. The number of nitrogens with two attached hydrogens (primary N) is 1. The summed E-state index contributed by atoms with van der Waals surface area (Å²) < 4.78 is 4.38. The summed E-state index contributed by atoms with van der Waals surface area (Å²) in [4.78, 5) is 31.5. The van der Waals surface area contributed by atoms with Gasteiger partial charge in [0.1, 0.15) is 0 Å². The number of nitrogens with zero attached hydrogens (tertiary/aromatic N) is 5. The normalized spacial score (nSPS) is 15.4. The molecule has 2 heterocycles. The van der Waals surface area contributed by atoms with E-state index in [9.17, 15) is 9.59 Å². The zero-order valence-electron chi connectivity index (χ0n) is 15.5. The molecule has 1 saturated carbocycles. The molecule has 0 saturated heterocycles. The van der Waals surface area contributed by atoms with Crippen LogP contribution in [0.1, 0.15) is 26.7 Å². The molecule has 3 rings (SSSR count). The van der Waals surface area contributed by atoms with Crippen LogP contribution < -0.4 is 21.9 Å². The summed E-state index contributed by atoms with van der Waals surface area (Å²) in [5.74, 6) is 1.07. The van der Waals surface area contributed by atoms with Crippen molar-refractivity contribution in [2.75, 3.05) is 11.9 Å². The third kappa shape index (κ3) is 2.90. The Bertz CT molecular complexity index is 956. The predicted molar refractivity (Wildman–Crippen MR) is 98.7 cm³/mol. The van der Waals surface area contributed by atoms with Crippen LogP contribution in [0.2, 0.25) is 0 Å². The summed E-state index contributed by atoms with van der Waals surface area (Å²) in [6, 6.07) is 0. The van der Waals surface area contributed by atoms with Gasteiger partial charge >= 0.3 is 5.69 Å². The first-order valence-corrected chi connectivity index (χ1v) is 8.52. The average Bonchev–Trinajstić information content (AvgIpc) is 3.35. The fraction of sp³-hybridized carbons (Fsp3) is 0.588. The van der Waals surface area contributed by atoms with E-state index < -0.39 is 0 Å². The molecule has 8 heteroatoms. The minimum atomic E-state index is -0.384. The number of aromatic nitrogens is 4. The minimum absolute atomic E-state index is 0.150. The molecule has 25 heavy (non-hydrogen) atoms. The van der Waals surface area contributed by atoms with Gasteiger partial charge in [-0.15, -0.1) is 0 Å². The molecule has 0 bridgehead atoms. The maximum absolute atomic E-state index is 12.7. The van der Waals surface area contributed by atoms with Crippen LogP contribution in [0, 0.1) is 5.92 Å². The summed E-state index contributed by atoms with van der Waals surface area (Å²) in [5.41, 5.74) is 7.57. The van der Waals surface area contributed by atoms with Crippen LogP contribution in [-0.2, 0) is 20.6 Å².